The summed E-state index contributed by atoms with van der Waals surface area (Å²) in [6.45, 7) is 0. The third kappa shape index (κ3) is 1.41. The second-order valence-electron chi connectivity index (χ2n) is 3.92. The molecule has 1 amide bonds. The van der Waals surface area contributed by atoms with Crippen LogP contribution >= 0.6 is 0 Å². The van der Waals surface area contributed by atoms with Gasteiger partial charge in [-0.2, -0.15) is 5.26 Å². The van der Waals surface area contributed by atoms with Gasteiger partial charge in [-0.25, -0.2) is 0 Å². The molecule has 0 unspecified atom stereocenters. The normalized spacial score (nSPS) is 33.8. The SMILES string of the molecule is N#C[C@H]1CCC[C@@H]2CCCC(=O)N21. The highest BCUT2D eigenvalue weighted by molar-refractivity contribution is 5.78. The average molecular weight is 178 g/mol. The third-order valence-electron chi connectivity index (χ3n) is 3.11. The van der Waals surface area contributed by atoms with Crippen LogP contribution in [0.4, 0.5) is 0 Å². The van der Waals surface area contributed by atoms with Crippen molar-refractivity contribution in [2.75, 3.05) is 0 Å². The van der Waals surface area contributed by atoms with Crippen LogP contribution in [0.2, 0.25) is 0 Å². The van der Waals surface area contributed by atoms with Crippen molar-refractivity contribution in [3.8, 4) is 6.07 Å². The predicted octanol–water partition coefficient (Wildman–Crippen LogP) is 1.44. The monoisotopic (exact) mass is 178 g/mol. The van der Waals surface area contributed by atoms with Crippen molar-refractivity contribution in [3.63, 3.8) is 0 Å². The highest BCUT2D eigenvalue weighted by Gasteiger charge is 2.36. The summed E-state index contributed by atoms with van der Waals surface area (Å²) >= 11 is 0. The molecule has 0 radical (unpaired) electrons. The molecule has 2 fully saturated rings. The molecule has 0 spiro atoms. The van der Waals surface area contributed by atoms with E-state index in [1.165, 1.54) is 0 Å². The number of nitriles is 1. The maximum Gasteiger partial charge on any atom is 0.223 e. The summed E-state index contributed by atoms with van der Waals surface area (Å²) in [4.78, 5) is 13.4. The highest BCUT2D eigenvalue weighted by Crippen LogP contribution is 2.30. The van der Waals surface area contributed by atoms with E-state index >= 15 is 0 Å². The molecule has 0 saturated carbocycles. The summed E-state index contributed by atoms with van der Waals surface area (Å²) in [5, 5.41) is 8.90. The van der Waals surface area contributed by atoms with Crippen molar-refractivity contribution in [2.45, 2.75) is 50.6 Å². The Morgan fingerprint density at radius 1 is 1.31 bits per heavy atom. The van der Waals surface area contributed by atoms with Gasteiger partial charge in [0.05, 0.1) is 6.07 Å². The zero-order valence-electron chi connectivity index (χ0n) is 7.70. The molecule has 0 bridgehead atoms. The zero-order chi connectivity index (χ0) is 9.26. The van der Waals surface area contributed by atoms with Crippen LogP contribution in [-0.2, 0) is 4.79 Å². The molecule has 3 nitrogen and oxygen atoms in total. The molecule has 0 aromatic rings. The van der Waals surface area contributed by atoms with Crippen molar-refractivity contribution in [1.29, 1.82) is 5.26 Å². The number of rotatable bonds is 0. The van der Waals surface area contributed by atoms with E-state index in [0.717, 1.165) is 32.1 Å². The maximum absolute atomic E-state index is 11.6. The lowest BCUT2D eigenvalue weighted by Gasteiger charge is -2.42. The van der Waals surface area contributed by atoms with Crippen LogP contribution in [0.25, 0.3) is 0 Å². The molecular formula is C10H14N2O. The number of hydrogen-bond acceptors (Lipinski definition) is 2. The van der Waals surface area contributed by atoms with E-state index in [0.29, 0.717) is 12.5 Å². The van der Waals surface area contributed by atoms with E-state index in [4.69, 9.17) is 5.26 Å². The van der Waals surface area contributed by atoms with Crippen LogP contribution in [0.1, 0.15) is 38.5 Å². The molecular weight excluding hydrogens is 164 g/mol. The minimum absolute atomic E-state index is 0.133. The number of amides is 1. The van der Waals surface area contributed by atoms with Gasteiger partial charge in [-0.3, -0.25) is 4.79 Å². The molecule has 2 aliphatic heterocycles. The summed E-state index contributed by atoms with van der Waals surface area (Å²) in [5.74, 6) is 0.197. The molecule has 70 valence electrons. The van der Waals surface area contributed by atoms with Gasteiger partial charge in [0.15, 0.2) is 0 Å². The van der Waals surface area contributed by atoms with Crippen molar-refractivity contribution >= 4 is 5.91 Å². The minimum atomic E-state index is -0.133. The first-order valence-electron chi connectivity index (χ1n) is 5.03. The molecule has 2 saturated heterocycles. The zero-order valence-corrected chi connectivity index (χ0v) is 7.70. The second kappa shape index (κ2) is 3.37. The van der Waals surface area contributed by atoms with Crippen LogP contribution in [0.3, 0.4) is 0 Å². The van der Waals surface area contributed by atoms with Crippen LogP contribution in [0.15, 0.2) is 0 Å². The Bertz CT molecular complexity index is 254. The molecule has 3 heteroatoms. The molecule has 2 aliphatic rings. The van der Waals surface area contributed by atoms with Gasteiger partial charge >= 0.3 is 0 Å². The lowest BCUT2D eigenvalue weighted by molar-refractivity contribution is -0.139. The molecule has 0 aliphatic carbocycles. The first kappa shape index (κ1) is 8.55. The van der Waals surface area contributed by atoms with Crippen LogP contribution < -0.4 is 0 Å². The first-order valence-corrected chi connectivity index (χ1v) is 5.03. The standard InChI is InChI=1S/C10H14N2O/c11-7-9-5-1-3-8-4-2-6-10(13)12(8)9/h8-9H,1-6H2/t8-,9-/m1/s1. The van der Waals surface area contributed by atoms with Crippen molar-refractivity contribution in [1.82, 2.24) is 4.90 Å². The average Bonchev–Trinajstić information content (AvgIpc) is 2.17. The summed E-state index contributed by atoms with van der Waals surface area (Å²) < 4.78 is 0. The Labute approximate surface area is 78.3 Å². The Morgan fingerprint density at radius 3 is 2.85 bits per heavy atom. The van der Waals surface area contributed by atoms with E-state index in [9.17, 15) is 4.79 Å². The Hall–Kier alpha value is -1.04. The quantitative estimate of drug-likeness (QED) is 0.563. The van der Waals surface area contributed by atoms with Crippen LogP contribution in [0, 0.1) is 11.3 Å². The van der Waals surface area contributed by atoms with Gasteiger partial charge < -0.3 is 4.90 Å². The van der Waals surface area contributed by atoms with Gasteiger partial charge in [-0.1, -0.05) is 0 Å². The van der Waals surface area contributed by atoms with E-state index in [1.54, 1.807) is 0 Å². The largest absolute Gasteiger partial charge is 0.324 e. The van der Waals surface area contributed by atoms with Gasteiger partial charge in [-0.15, -0.1) is 0 Å². The minimum Gasteiger partial charge on any atom is -0.324 e. The van der Waals surface area contributed by atoms with Gasteiger partial charge in [-0.05, 0) is 32.1 Å². The summed E-state index contributed by atoms with van der Waals surface area (Å²) in [5.41, 5.74) is 0. The number of fused-ring (bicyclic) bond motifs is 1. The molecule has 0 N–H and O–H groups in total. The Morgan fingerprint density at radius 2 is 2.08 bits per heavy atom. The number of piperidine rings is 2. The fraction of sp³-hybridized carbons (Fsp3) is 0.800. The van der Waals surface area contributed by atoms with Crippen molar-refractivity contribution < 1.29 is 4.79 Å². The van der Waals surface area contributed by atoms with E-state index in [-0.39, 0.29) is 11.9 Å². The van der Waals surface area contributed by atoms with Gasteiger partial charge in [0.25, 0.3) is 0 Å². The lowest BCUT2D eigenvalue weighted by atomic mass is 9.89. The second-order valence-corrected chi connectivity index (χ2v) is 3.92. The Kier molecular flexibility index (Phi) is 2.22. The van der Waals surface area contributed by atoms with Gasteiger partial charge in [0.1, 0.15) is 6.04 Å². The number of hydrogen-bond donors (Lipinski definition) is 0. The molecule has 2 atom stereocenters. The molecule has 2 rings (SSSR count). The molecule has 0 aromatic heterocycles. The van der Waals surface area contributed by atoms with Crippen molar-refractivity contribution in [2.24, 2.45) is 0 Å². The maximum atomic E-state index is 11.6. The van der Waals surface area contributed by atoms with Crippen molar-refractivity contribution in [3.05, 3.63) is 0 Å². The summed E-state index contributed by atoms with van der Waals surface area (Å²) in [7, 11) is 0. The van der Waals surface area contributed by atoms with Gasteiger partial charge in [0, 0.05) is 12.5 Å². The van der Waals surface area contributed by atoms with Crippen LogP contribution in [0.5, 0.6) is 0 Å². The topological polar surface area (TPSA) is 44.1 Å². The number of nitrogens with zero attached hydrogens (tertiary/aromatic N) is 2. The summed E-state index contributed by atoms with van der Waals surface area (Å²) in [6, 6.07) is 2.48. The first-order chi connectivity index (χ1) is 6.33. The lowest BCUT2D eigenvalue weighted by Crippen LogP contribution is -2.51. The molecule has 13 heavy (non-hydrogen) atoms. The predicted molar refractivity (Wildman–Crippen MR) is 47.7 cm³/mol. The van der Waals surface area contributed by atoms with Gasteiger partial charge in [0.2, 0.25) is 5.91 Å². The molecule has 2 heterocycles. The van der Waals surface area contributed by atoms with Crippen LogP contribution in [-0.4, -0.2) is 22.9 Å². The third-order valence-corrected chi connectivity index (χ3v) is 3.11. The number of carbonyl (C=O) groups is 1. The smallest absolute Gasteiger partial charge is 0.223 e. The molecule has 0 aromatic carbocycles. The summed E-state index contributed by atoms with van der Waals surface area (Å²) in [6.07, 6.45) is 5.84. The van der Waals surface area contributed by atoms with E-state index < -0.39 is 0 Å². The highest BCUT2D eigenvalue weighted by atomic mass is 16.2. The van der Waals surface area contributed by atoms with E-state index in [1.807, 2.05) is 4.90 Å². The Balaban J connectivity index is 2.17. The fourth-order valence-corrected chi connectivity index (χ4v) is 2.49. The fourth-order valence-electron chi connectivity index (χ4n) is 2.49. The van der Waals surface area contributed by atoms with E-state index in [2.05, 4.69) is 6.07 Å². The number of carbonyl (C=O) groups excluding carboxylic acids is 1.